The molecule has 1 atom stereocenters. The molecule has 4 rings (SSSR count). The maximum atomic E-state index is 6.09. The smallest absolute Gasteiger partial charge is 0.194 e. The van der Waals surface area contributed by atoms with Crippen molar-refractivity contribution in [3.8, 4) is 11.5 Å². The van der Waals surface area contributed by atoms with Crippen LogP contribution < -0.4 is 14.8 Å². The Labute approximate surface area is 184 Å². The second-order valence-electron chi connectivity index (χ2n) is 8.62. The molecule has 2 aliphatic rings. The fraction of sp³-hybridized carbons (Fsp3) is 0.565. The normalized spacial score (nSPS) is 20.3. The fourth-order valence-electron chi connectivity index (χ4n) is 4.08. The molecule has 1 aromatic carbocycles. The molecule has 2 aliphatic heterocycles. The van der Waals surface area contributed by atoms with Gasteiger partial charge in [-0.25, -0.2) is 4.99 Å². The Kier molecular flexibility index (Phi) is 6.36. The summed E-state index contributed by atoms with van der Waals surface area (Å²) >= 11 is 0. The standard InChI is InChI=1S/C23H33N5O3/c1-5-24-22(28-10-12-30-20(16-28)18-14-26-27(4)15-18)25-9-11-29-19-8-6-7-17-13-23(2,3)31-21(17)19/h6-8,14-15,20H,5,9-13,16H2,1-4H3,(H,24,25). The number of aryl methyl sites for hydroxylation is 1. The van der Waals surface area contributed by atoms with Gasteiger partial charge < -0.3 is 24.4 Å². The minimum Gasteiger partial charge on any atom is -0.488 e. The highest BCUT2D eigenvalue weighted by Gasteiger charge is 2.32. The Bertz CT molecular complexity index is 924. The third-order valence-corrected chi connectivity index (χ3v) is 5.46. The van der Waals surface area contributed by atoms with Crippen molar-refractivity contribution in [2.24, 2.45) is 12.0 Å². The van der Waals surface area contributed by atoms with E-state index in [2.05, 4.69) is 42.2 Å². The zero-order chi connectivity index (χ0) is 21.8. The number of ether oxygens (including phenoxy) is 3. The van der Waals surface area contributed by atoms with E-state index in [1.54, 1.807) is 4.68 Å². The van der Waals surface area contributed by atoms with Crippen LogP contribution in [0.5, 0.6) is 11.5 Å². The van der Waals surface area contributed by atoms with Crippen molar-refractivity contribution in [1.29, 1.82) is 0 Å². The molecule has 31 heavy (non-hydrogen) atoms. The number of morpholine rings is 1. The predicted molar refractivity (Wildman–Crippen MR) is 120 cm³/mol. The molecule has 1 unspecified atom stereocenters. The lowest BCUT2D eigenvalue weighted by Crippen LogP contribution is -2.48. The second-order valence-corrected chi connectivity index (χ2v) is 8.62. The van der Waals surface area contributed by atoms with Gasteiger partial charge in [-0.3, -0.25) is 4.68 Å². The first-order chi connectivity index (χ1) is 14.9. The van der Waals surface area contributed by atoms with E-state index >= 15 is 0 Å². The first-order valence-electron chi connectivity index (χ1n) is 11.0. The van der Waals surface area contributed by atoms with E-state index in [1.165, 1.54) is 5.56 Å². The summed E-state index contributed by atoms with van der Waals surface area (Å²) in [6.45, 7) is 10.3. The predicted octanol–water partition coefficient (Wildman–Crippen LogP) is 2.55. The number of nitrogens with one attached hydrogen (secondary N) is 1. The third kappa shape index (κ3) is 5.12. The van der Waals surface area contributed by atoms with E-state index in [0.29, 0.717) is 19.8 Å². The van der Waals surface area contributed by atoms with Crippen LogP contribution >= 0.6 is 0 Å². The lowest BCUT2D eigenvalue weighted by atomic mass is 10.0. The van der Waals surface area contributed by atoms with Crippen molar-refractivity contribution in [2.75, 3.05) is 39.4 Å². The van der Waals surface area contributed by atoms with Crippen LogP contribution in [0.25, 0.3) is 0 Å². The van der Waals surface area contributed by atoms with Crippen molar-refractivity contribution in [3.05, 3.63) is 41.7 Å². The average Bonchev–Trinajstić information content (AvgIpc) is 3.32. The highest BCUT2D eigenvalue weighted by molar-refractivity contribution is 5.80. The van der Waals surface area contributed by atoms with Crippen LogP contribution in [0.15, 0.2) is 35.6 Å². The molecule has 0 aliphatic carbocycles. The first kappa shape index (κ1) is 21.5. The number of para-hydroxylation sites is 1. The molecule has 168 valence electrons. The molecule has 0 radical (unpaired) electrons. The first-order valence-corrected chi connectivity index (χ1v) is 11.0. The SMILES string of the molecule is CCNC(=NCCOc1cccc2c1OC(C)(C)C2)N1CCOC(c2cnn(C)c2)C1. The summed E-state index contributed by atoms with van der Waals surface area (Å²) in [5.41, 5.74) is 2.11. The largest absolute Gasteiger partial charge is 0.488 e. The van der Waals surface area contributed by atoms with Gasteiger partial charge in [-0.1, -0.05) is 12.1 Å². The van der Waals surface area contributed by atoms with Crippen LogP contribution in [-0.4, -0.2) is 65.6 Å². The number of hydrogen-bond donors (Lipinski definition) is 1. The summed E-state index contributed by atoms with van der Waals surface area (Å²) in [5, 5.41) is 7.67. The Morgan fingerprint density at radius 1 is 1.39 bits per heavy atom. The van der Waals surface area contributed by atoms with Gasteiger partial charge in [0.2, 0.25) is 0 Å². The Hall–Kier alpha value is -2.74. The lowest BCUT2D eigenvalue weighted by molar-refractivity contribution is -0.00805. The number of aliphatic imine (C=N–C) groups is 1. The molecule has 1 saturated heterocycles. The van der Waals surface area contributed by atoms with E-state index in [1.807, 2.05) is 31.6 Å². The van der Waals surface area contributed by atoms with Gasteiger partial charge in [0.15, 0.2) is 17.5 Å². The van der Waals surface area contributed by atoms with Crippen LogP contribution in [0.4, 0.5) is 0 Å². The number of guanidine groups is 1. The molecule has 3 heterocycles. The van der Waals surface area contributed by atoms with Crippen molar-refractivity contribution >= 4 is 5.96 Å². The average molecular weight is 428 g/mol. The van der Waals surface area contributed by atoms with Gasteiger partial charge in [-0.05, 0) is 26.8 Å². The Balaban J connectivity index is 1.36. The Morgan fingerprint density at radius 3 is 3.03 bits per heavy atom. The molecule has 8 heteroatoms. The highest BCUT2D eigenvalue weighted by atomic mass is 16.5. The van der Waals surface area contributed by atoms with Gasteiger partial charge >= 0.3 is 0 Å². The number of benzene rings is 1. The van der Waals surface area contributed by atoms with Crippen LogP contribution in [0.1, 0.15) is 38.0 Å². The quantitative estimate of drug-likeness (QED) is 0.434. The van der Waals surface area contributed by atoms with Crippen LogP contribution in [-0.2, 0) is 18.2 Å². The lowest BCUT2D eigenvalue weighted by Gasteiger charge is -2.34. The minimum absolute atomic E-state index is 0.00466. The fourth-order valence-corrected chi connectivity index (χ4v) is 4.08. The van der Waals surface area contributed by atoms with Gasteiger partial charge in [0.05, 0.1) is 25.9 Å². The van der Waals surface area contributed by atoms with Crippen LogP contribution in [0.3, 0.4) is 0 Å². The van der Waals surface area contributed by atoms with Gasteiger partial charge in [0.25, 0.3) is 0 Å². The molecular weight excluding hydrogens is 394 g/mol. The van der Waals surface area contributed by atoms with E-state index < -0.39 is 0 Å². The van der Waals surface area contributed by atoms with Gasteiger partial charge in [-0.2, -0.15) is 5.10 Å². The number of hydrogen-bond acceptors (Lipinski definition) is 5. The molecule has 8 nitrogen and oxygen atoms in total. The highest BCUT2D eigenvalue weighted by Crippen LogP contribution is 2.41. The summed E-state index contributed by atoms with van der Waals surface area (Å²) in [7, 11) is 1.92. The van der Waals surface area contributed by atoms with Crippen molar-refractivity contribution in [2.45, 2.75) is 38.9 Å². The molecular formula is C23H33N5O3. The number of nitrogens with zero attached hydrogens (tertiary/aromatic N) is 4. The van der Waals surface area contributed by atoms with E-state index in [9.17, 15) is 0 Å². The molecule has 0 amide bonds. The summed E-state index contributed by atoms with van der Waals surface area (Å²) in [5.74, 6) is 2.56. The number of aromatic nitrogens is 2. The molecule has 1 fully saturated rings. The number of fused-ring (bicyclic) bond motifs is 1. The van der Waals surface area contributed by atoms with E-state index in [4.69, 9.17) is 19.2 Å². The Morgan fingerprint density at radius 2 is 2.26 bits per heavy atom. The monoisotopic (exact) mass is 427 g/mol. The minimum atomic E-state index is -0.181. The third-order valence-electron chi connectivity index (χ3n) is 5.46. The van der Waals surface area contributed by atoms with Crippen molar-refractivity contribution in [1.82, 2.24) is 20.0 Å². The van der Waals surface area contributed by atoms with Crippen molar-refractivity contribution in [3.63, 3.8) is 0 Å². The van der Waals surface area contributed by atoms with Gasteiger partial charge in [-0.15, -0.1) is 0 Å². The maximum absolute atomic E-state index is 6.09. The van der Waals surface area contributed by atoms with Gasteiger partial charge in [0, 0.05) is 43.9 Å². The van der Waals surface area contributed by atoms with Crippen LogP contribution in [0.2, 0.25) is 0 Å². The van der Waals surface area contributed by atoms with Gasteiger partial charge in [0.1, 0.15) is 18.3 Å². The molecule has 1 aromatic heterocycles. The van der Waals surface area contributed by atoms with E-state index in [0.717, 1.165) is 49.1 Å². The summed E-state index contributed by atoms with van der Waals surface area (Å²) in [6.07, 6.45) is 4.77. The summed E-state index contributed by atoms with van der Waals surface area (Å²) < 4.78 is 19.9. The molecule has 0 saturated carbocycles. The zero-order valence-corrected chi connectivity index (χ0v) is 18.9. The van der Waals surface area contributed by atoms with Crippen molar-refractivity contribution < 1.29 is 14.2 Å². The molecule has 0 spiro atoms. The summed E-state index contributed by atoms with van der Waals surface area (Å²) in [4.78, 5) is 7.04. The molecule has 1 N–H and O–H groups in total. The molecule has 2 aromatic rings. The van der Waals surface area contributed by atoms with E-state index in [-0.39, 0.29) is 11.7 Å². The maximum Gasteiger partial charge on any atom is 0.194 e. The topological polar surface area (TPSA) is 73.1 Å². The molecule has 0 bridgehead atoms. The number of rotatable bonds is 6. The van der Waals surface area contributed by atoms with Crippen LogP contribution in [0, 0.1) is 0 Å². The second kappa shape index (κ2) is 9.18. The summed E-state index contributed by atoms with van der Waals surface area (Å²) in [6, 6.07) is 6.10. The zero-order valence-electron chi connectivity index (χ0n) is 18.9.